The van der Waals surface area contributed by atoms with E-state index in [1.165, 1.54) is 25.7 Å². The number of nitrogens with zero attached hydrogens (tertiary/aromatic N) is 1. The number of carbonyl (C=O) groups is 1. The molecule has 3 nitrogen and oxygen atoms in total. The molecule has 0 saturated carbocycles. The van der Waals surface area contributed by atoms with Crippen LogP contribution in [0.3, 0.4) is 0 Å². The number of hydrogen-bond donors (Lipinski definition) is 1. The third kappa shape index (κ3) is 3.78. The van der Waals surface area contributed by atoms with Crippen molar-refractivity contribution in [1.29, 1.82) is 0 Å². The molecule has 1 fully saturated rings. The minimum atomic E-state index is 0.114. The van der Waals surface area contributed by atoms with E-state index in [4.69, 9.17) is 0 Å². The lowest BCUT2D eigenvalue weighted by Crippen LogP contribution is -2.39. The Kier molecular flexibility index (Phi) is 5.81. The standard InChI is InChI=1S/C13H26N2O/c1-4-12-6-5-8-15(9-7-12)13(16)11(2)10-14-3/h11-12,14H,4-10H2,1-3H3. The lowest BCUT2D eigenvalue weighted by atomic mass is 9.98. The second-order valence-corrected chi connectivity index (χ2v) is 4.99. The molecule has 1 aliphatic rings. The molecule has 1 amide bonds. The van der Waals surface area contributed by atoms with Gasteiger partial charge in [-0.25, -0.2) is 0 Å². The van der Waals surface area contributed by atoms with Gasteiger partial charge in [-0.1, -0.05) is 20.3 Å². The van der Waals surface area contributed by atoms with E-state index in [2.05, 4.69) is 17.1 Å². The van der Waals surface area contributed by atoms with Gasteiger partial charge in [0, 0.05) is 25.6 Å². The van der Waals surface area contributed by atoms with E-state index in [-0.39, 0.29) is 5.92 Å². The highest BCUT2D eigenvalue weighted by atomic mass is 16.2. The van der Waals surface area contributed by atoms with Crippen LogP contribution in [0.15, 0.2) is 0 Å². The molecule has 2 atom stereocenters. The van der Waals surface area contributed by atoms with E-state index < -0.39 is 0 Å². The maximum Gasteiger partial charge on any atom is 0.226 e. The molecule has 0 bridgehead atoms. The normalized spacial score (nSPS) is 23.9. The zero-order valence-electron chi connectivity index (χ0n) is 11.0. The predicted molar refractivity (Wildman–Crippen MR) is 67.3 cm³/mol. The van der Waals surface area contributed by atoms with Crippen molar-refractivity contribution in [3.05, 3.63) is 0 Å². The molecule has 0 aromatic heterocycles. The number of carbonyl (C=O) groups excluding carboxylic acids is 1. The second-order valence-electron chi connectivity index (χ2n) is 4.99. The second kappa shape index (κ2) is 6.89. The maximum atomic E-state index is 12.1. The average Bonchev–Trinajstić information content (AvgIpc) is 2.53. The Morgan fingerprint density at radius 3 is 2.81 bits per heavy atom. The molecule has 16 heavy (non-hydrogen) atoms. The van der Waals surface area contributed by atoms with Gasteiger partial charge in [-0.05, 0) is 32.2 Å². The van der Waals surface area contributed by atoms with Gasteiger partial charge in [0.15, 0.2) is 0 Å². The van der Waals surface area contributed by atoms with Crippen molar-refractivity contribution >= 4 is 5.91 Å². The first-order valence-corrected chi connectivity index (χ1v) is 6.62. The molecule has 1 saturated heterocycles. The molecule has 0 aromatic carbocycles. The zero-order valence-corrected chi connectivity index (χ0v) is 11.0. The van der Waals surface area contributed by atoms with Gasteiger partial charge in [0.05, 0.1) is 0 Å². The fourth-order valence-corrected chi connectivity index (χ4v) is 2.50. The first kappa shape index (κ1) is 13.5. The number of amides is 1. The van der Waals surface area contributed by atoms with E-state index in [1.54, 1.807) is 0 Å². The highest BCUT2D eigenvalue weighted by molar-refractivity contribution is 5.78. The van der Waals surface area contributed by atoms with E-state index in [1.807, 2.05) is 14.0 Å². The molecule has 1 aliphatic heterocycles. The van der Waals surface area contributed by atoms with Gasteiger partial charge in [0.25, 0.3) is 0 Å². The number of nitrogens with one attached hydrogen (secondary N) is 1. The first-order valence-electron chi connectivity index (χ1n) is 6.62. The molecule has 1 N–H and O–H groups in total. The van der Waals surface area contributed by atoms with Crippen molar-refractivity contribution in [2.75, 3.05) is 26.7 Å². The largest absolute Gasteiger partial charge is 0.342 e. The Labute approximate surface area is 99.6 Å². The maximum absolute atomic E-state index is 12.1. The predicted octanol–water partition coefficient (Wildman–Crippen LogP) is 1.88. The lowest BCUT2D eigenvalue weighted by Gasteiger charge is -2.24. The molecule has 94 valence electrons. The molecule has 0 radical (unpaired) electrons. The van der Waals surface area contributed by atoms with Gasteiger partial charge in [-0.3, -0.25) is 4.79 Å². The third-order valence-electron chi connectivity index (χ3n) is 3.67. The quantitative estimate of drug-likeness (QED) is 0.794. The van der Waals surface area contributed by atoms with Crippen molar-refractivity contribution in [1.82, 2.24) is 10.2 Å². The first-order chi connectivity index (χ1) is 7.69. The smallest absolute Gasteiger partial charge is 0.226 e. The molecule has 0 spiro atoms. The zero-order chi connectivity index (χ0) is 12.0. The molecule has 2 unspecified atom stereocenters. The summed E-state index contributed by atoms with van der Waals surface area (Å²) in [5.41, 5.74) is 0. The van der Waals surface area contributed by atoms with Crippen molar-refractivity contribution < 1.29 is 4.79 Å². The molecule has 0 aromatic rings. The Morgan fingerprint density at radius 2 is 2.19 bits per heavy atom. The van der Waals surface area contributed by atoms with Crippen LogP contribution in [0, 0.1) is 11.8 Å². The minimum absolute atomic E-state index is 0.114. The van der Waals surface area contributed by atoms with Crippen LogP contribution in [-0.2, 0) is 4.79 Å². The summed E-state index contributed by atoms with van der Waals surface area (Å²) in [4.78, 5) is 14.2. The van der Waals surface area contributed by atoms with Crippen LogP contribution < -0.4 is 5.32 Å². The molecule has 1 heterocycles. The number of likely N-dealkylation sites (tertiary alicyclic amines) is 1. The summed E-state index contributed by atoms with van der Waals surface area (Å²) in [5, 5.41) is 3.08. The van der Waals surface area contributed by atoms with Crippen LogP contribution in [0.25, 0.3) is 0 Å². The van der Waals surface area contributed by atoms with Gasteiger partial charge < -0.3 is 10.2 Å². The molecule has 0 aliphatic carbocycles. The van der Waals surface area contributed by atoms with Gasteiger partial charge in [0.2, 0.25) is 5.91 Å². The monoisotopic (exact) mass is 226 g/mol. The average molecular weight is 226 g/mol. The fraction of sp³-hybridized carbons (Fsp3) is 0.923. The van der Waals surface area contributed by atoms with Crippen LogP contribution in [0.2, 0.25) is 0 Å². The Hall–Kier alpha value is -0.570. The van der Waals surface area contributed by atoms with Crippen LogP contribution in [0.4, 0.5) is 0 Å². The van der Waals surface area contributed by atoms with Crippen molar-refractivity contribution in [3.63, 3.8) is 0 Å². The third-order valence-corrected chi connectivity index (χ3v) is 3.67. The summed E-state index contributed by atoms with van der Waals surface area (Å²) < 4.78 is 0. The van der Waals surface area contributed by atoms with Crippen LogP contribution in [0.5, 0.6) is 0 Å². The SMILES string of the molecule is CCC1CCCN(C(=O)C(C)CNC)CC1. The van der Waals surface area contributed by atoms with E-state index in [9.17, 15) is 4.79 Å². The Morgan fingerprint density at radius 1 is 1.44 bits per heavy atom. The summed E-state index contributed by atoms with van der Waals surface area (Å²) in [6, 6.07) is 0. The molecule has 1 rings (SSSR count). The van der Waals surface area contributed by atoms with Gasteiger partial charge in [-0.2, -0.15) is 0 Å². The minimum Gasteiger partial charge on any atom is -0.342 e. The van der Waals surface area contributed by atoms with E-state index in [0.29, 0.717) is 5.91 Å². The molecular weight excluding hydrogens is 200 g/mol. The van der Waals surface area contributed by atoms with E-state index >= 15 is 0 Å². The van der Waals surface area contributed by atoms with Gasteiger partial charge in [0.1, 0.15) is 0 Å². The summed E-state index contributed by atoms with van der Waals surface area (Å²) in [6.45, 7) is 6.98. The number of rotatable bonds is 4. The molecular formula is C13H26N2O. The fourth-order valence-electron chi connectivity index (χ4n) is 2.50. The Balaban J connectivity index is 2.44. The number of hydrogen-bond acceptors (Lipinski definition) is 2. The van der Waals surface area contributed by atoms with Crippen molar-refractivity contribution in [2.45, 2.75) is 39.5 Å². The summed E-state index contributed by atoms with van der Waals surface area (Å²) >= 11 is 0. The Bertz CT molecular complexity index is 218. The van der Waals surface area contributed by atoms with Crippen LogP contribution in [-0.4, -0.2) is 37.5 Å². The van der Waals surface area contributed by atoms with Crippen molar-refractivity contribution in [3.8, 4) is 0 Å². The van der Waals surface area contributed by atoms with Crippen molar-refractivity contribution in [2.24, 2.45) is 11.8 Å². The van der Waals surface area contributed by atoms with Crippen LogP contribution in [0.1, 0.15) is 39.5 Å². The van der Waals surface area contributed by atoms with E-state index in [0.717, 1.165) is 25.6 Å². The summed E-state index contributed by atoms with van der Waals surface area (Å²) in [5.74, 6) is 1.27. The van der Waals surface area contributed by atoms with Gasteiger partial charge >= 0.3 is 0 Å². The van der Waals surface area contributed by atoms with Crippen LogP contribution >= 0.6 is 0 Å². The topological polar surface area (TPSA) is 32.3 Å². The summed E-state index contributed by atoms with van der Waals surface area (Å²) in [7, 11) is 1.90. The highest BCUT2D eigenvalue weighted by Crippen LogP contribution is 2.21. The lowest BCUT2D eigenvalue weighted by molar-refractivity contribution is -0.134. The van der Waals surface area contributed by atoms with Gasteiger partial charge in [-0.15, -0.1) is 0 Å². The molecule has 3 heteroatoms. The highest BCUT2D eigenvalue weighted by Gasteiger charge is 2.23. The summed E-state index contributed by atoms with van der Waals surface area (Å²) in [6.07, 6.45) is 4.92.